The highest BCUT2D eigenvalue weighted by atomic mass is 79.9. The van der Waals surface area contributed by atoms with Crippen LogP contribution in [-0.4, -0.2) is 25.5 Å². The van der Waals surface area contributed by atoms with Gasteiger partial charge in [0.2, 0.25) is 0 Å². The number of halogens is 4. The molecule has 164 valence electrons. The normalized spacial score (nSPS) is 10.9. The number of rotatable bonds is 7. The second-order valence-corrected chi connectivity index (χ2v) is 8.76. The average molecular weight is 556 g/mol. The summed E-state index contributed by atoms with van der Waals surface area (Å²) in [4.78, 5) is 12.6. The van der Waals surface area contributed by atoms with E-state index in [0.717, 1.165) is 10.0 Å². The third kappa shape index (κ3) is 5.45. The number of amides is 1. The summed E-state index contributed by atoms with van der Waals surface area (Å²) in [6, 6.07) is 14.2. The van der Waals surface area contributed by atoms with Gasteiger partial charge >= 0.3 is 0 Å². The van der Waals surface area contributed by atoms with E-state index in [1.807, 2.05) is 18.2 Å². The maximum atomic E-state index is 12.6. The maximum absolute atomic E-state index is 12.6. The van der Waals surface area contributed by atoms with E-state index in [-0.39, 0.29) is 18.2 Å². The zero-order valence-electron chi connectivity index (χ0n) is 16.3. The summed E-state index contributed by atoms with van der Waals surface area (Å²) in [6.45, 7) is 0.530. The van der Waals surface area contributed by atoms with Crippen LogP contribution in [0.25, 0.3) is 0 Å². The number of carbonyl (C=O) groups excluding carboxylic acids is 1. The predicted octanol–water partition coefficient (Wildman–Crippen LogP) is 6.14. The topological polar surface area (TPSA) is 74.0 Å². The van der Waals surface area contributed by atoms with E-state index in [1.54, 1.807) is 47.4 Å². The average Bonchev–Trinajstić information content (AvgIpc) is 3.36. The summed E-state index contributed by atoms with van der Waals surface area (Å²) < 4.78 is 9.51. The Hall–Kier alpha value is -2.52. The monoisotopic (exact) mass is 553 g/mol. The Bertz CT molecular complexity index is 1270. The first-order valence-electron chi connectivity index (χ1n) is 9.28. The van der Waals surface area contributed by atoms with Crippen molar-refractivity contribution in [1.29, 1.82) is 0 Å². The zero-order valence-corrected chi connectivity index (χ0v) is 20.2. The molecule has 2 aromatic carbocycles. The van der Waals surface area contributed by atoms with Gasteiger partial charge in [-0.05, 0) is 51.8 Å². The highest BCUT2D eigenvalue weighted by Crippen LogP contribution is 2.28. The molecule has 0 aliphatic rings. The van der Waals surface area contributed by atoms with E-state index in [0.29, 0.717) is 27.4 Å². The molecular weight excluding hydrogens is 541 g/mol. The number of hydrogen-bond donors (Lipinski definition) is 1. The van der Waals surface area contributed by atoms with Crippen molar-refractivity contribution in [1.82, 2.24) is 19.6 Å². The van der Waals surface area contributed by atoms with Gasteiger partial charge in [-0.3, -0.25) is 9.48 Å². The molecule has 4 rings (SSSR count). The molecule has 0 saturated heterocycles. The van der Waals surface area contributed by atoms with Crippen LogP contribution in [0.1, 0.15) is 16.1 Å². The number of ether oxygens (including phenoxy) is 1. The predicted molar refractivity (Wildman–Crippen MR) is 128 cm³/mol. The summed E-state index contributed by atoms with van der Waals surface area (Å²) in [6.07, 6.45) is 3.26. The molecule has 0 bridgehead atoms. The summed E-state index contributed by atoms with van der Waals surface area (Å²) in [5.74, 6) is 0.396. The van der Waals surface area contributed by atoms with Crippen molar-refractivity contribution >= 4 is 62.5 Å². The lowest BCUT2D eigenvalue weighted by atomic mass is 10.2. The third-order valence-corrected chi connectivity index (χ3v) is 5.86. The van der Waals surface area contributed by atoms with Crippen molar-refractivity contribution in [2.24, 2.45) is 0 Å². The number of aromatic nitrogens is 4. The van der Waals surface area contributed by atoms with Gasteiger partial charge in [0.1, 0.15) is 10.8 Å². The molecule has 0 aliphatic carbocycles. The fraction of sp³-hybridized carbons (Fsp3) is 0.0952. The summed E-state index contributed by atoms with van der Waals surface area (Å²) >= 11 is 21.8. The molecule has 32 heavy (non-hydrogen) atoms. The number of nitrogens with one attached hydrogen (secondary N) is 1. The standard InChI is InChI=1S/C21H15BrCl3N5O2/c22-15-9-14(23)5-6-19(15)32-12-29-8-7-18(27-29)21(31)26-20-17(25)11-30(28-20)10-13-3-1-2-4-16(13)24/h1-9,11H,10,12H2,(H,26,28,31). The van der Waals surface area contributed by atoms with Crippen molar-refractivity contribution in [2.45, 2.75) is 13.3 Å². The quantitative estimate of drug-likeness (QED) is 0.297. The molecule has 0 spiro atoms. The van der Waals surface area contributed by atoms with E-state index in [4.69, 9.17) is 39.5 Å². The van der Waals surface area contributed by atoms with Gasteiger partial charge in [-0.2, -0.15) is 10.2 Å². The molecule has 0 saturated carbocycles. The summed E-state index contributed by atoms with van der Waals surface area (Å²) in [5, 5.41) is 12.8. The lowest BCUT2D eigenvalue weighted by molar-refractivity contribution is 0.101. The van der Waals surface area contributed by atoms with Gasteiger partial charge in [-0.1, -0.05) is 53.0 Å². The molecule has 4 aromatic rings. The van der Waals surface area contributed by atoms with Gasteiger partial charge < -0.3 is 10.1 Å². The van der Waals surface area contributed by atoms with Crippen LogP contribution in [0.3, 0.4) is 0 Å². The lowest BCUT2D eigenvalue weighted by Crippen LogP contribution is -2.15. The van der Waals surface area contributed by atoms with Crippen LogP contribution >= 0.6 is 50.7 Å². The molecule has 11 heteroatoms. The van der Waals surface area contributed by atoms with Gasteiger partial charge in [0.25, 0.3) is 5.91 Å². The Morgan fingerprint density at radius 1 is 1.03 bits per heavy atom. The molecule has 7 nitrogen and oxygen atoms in total. The number of hydrogen-bond acceptors (Lipinski definition) is 4. The number of carbonyl (C=O) groups is 1. The molecule has 0 radical (unpaired) electrons. The van der Waals surface area contributed by atoms with Crippen LogP contribution < -0.4 is 10.1 Å². The van der Waals surface area contributed by atoms with Gasteiger partial charge in [-0.15, -0.1) is 0 Å². The summed E-state index contributed by atoms with van der Waals surface area (Å²) in [7, 11) is 0. The molecule has 2 aromatic heterocycles. The second kappa shape index (κ2) is 9.95. The number of nitrogens with zero attached hydrogens (tertiary/aromatic N) is 4. The van der Waals surface area contributed by atoms with Crippen molar-refractivity contribution in [2.75, 3.05) is 5.32 Å². The Kier molecular flexibility index (Phi) is 7.05. The second-order valence-electron chi connectivity index (χ2n) is 6.66. The van der Waals surface area contributed by atoms with Crippen molar-refractivity contribution in [3.05, 3.63) is 91.7 Å². The van der Waals surface area contributed by atoms with Crippen LogP contribution in [0.2, 0.25) is 15.1 Å². The van der Waals surface area contributed by atoms with E-state index >= 15 is 0 Å². The van der Waals surface area contributed by atoms with Gasteiger partial charge in [0.15, 0.2) is 18.2 Å². The lowest BCUT2D eigenvalue weighted by Gasteiger charge is -2.08. The van der Waals surface area contributed by atoms with Crippen LogP contribution in [-0.2, 0) is 13.3 Å². The van der Waals surface area contributed by atoms with Gasteiger partial charge in [0.05, 0.1) is 11.0 Å². The Balaban J connectivity index is 1.39. The van der Waals surface area contributed by atoms with Crippen LogP contribution in [0.15, 0.2) is 65.4 Å². The van der Waals surface area contributed by atoms with Crippen LogP contribution in [0.4, 0.5) is 5.82 Å². The zero-order chi connectivity index (χ0) is 22.7. The Morgan fingerprint density at radius 2 is 1.84 bits per heavy atom. The van der Waals surface area contributed by atoms with E-state index < -0.39 is 5.91 Å². The number of anilines is 1. The highest BCUT2D eigenvalue weighted by Gasteiger charge is 2.15. The molecule has 1 N–H and O–H groups in total. The van der Waals surface area contributed by atoms with E-state index in [9.17, 15) is 4.79 Å². The van der Waals surface area contributed by atoms with Crippen LogP contribution in [0, 0.1) is 0 Å². The fourth-order valence-corrected chi connectivity index (χ4v) is 4.01. The minimum atomic E-state index is -0.443. The minimum absolute atomic E-state index is 0.112. The smallest absolute Gasteiger partial charge is 0.277 e. The molecular formula is C21H15BrCl3N5O2. The van der Waals surface area contributed by atoms with E-state index in [2.05, 4.69) is 31.4 Å². The first-order valence-corrected chi connectivity index (χ1v) is 11.2. The summed E-state index contributed by atoms with van der Waals surface area (Å²) in [5.41, 5.74) is 1.08. The highest BCUT2D eigenvalue weighted by molar-refractivity contribution is 9.10. The first-order chi connectivity index (χ1) is 15.4. The van der Waals surface area contributed by atoms with Gasteiger partial charge in [0, 0.05) is 22.4 Å². The van der Waals surface area contributed by atoms with Gasteiger partial charge in [-0.25, -0.2) is 4.68 Å². The minimum Gasteiger partial charge on any atom is -0.470 e. The Labute approximate surface area is 207 Å². The third-order valence-electron chi connectivity index (χ3n) is 4.36. The first kappa shape index (κ1) is 22.7. The SMILES string of the molecule is O=C(Nc1nn(Cc2ccccc2Cl)cc1Cl)c1ccn(COc2ccc(Cl)cc2Br)n1. The molecule has 0 aliphatic heterocycles. The van der Waals surface area contributed by atoms with Crippen molar-refractivity contribution < 1.29 is 9.53 Å². The fourth-order valence-electron chi connectivity index (χ4n) is 2.82. The largest absolute Gasteiger partial charge is 0.470 e. The molecule has 0 fully saturated rings. The molecule has 0 unspecified atom stereocenters. The van der Waals surface area contributed by atoms with Crippen molar-refractivity contribution in [3.8, 4) is 5.75 Å². The molecule has 2 heterocycles. The van der Waals surface area contributed by atoms with E-state index in [1.165, 1.54) is 4.68 Å². The molecule has 0 atom stereocenters. The molecule has 1 amide bonds. The van der Waals surface area contributed by atoms with Crippen LogP contribution in [0.5, 0.6) is 5.75 Å². The van der Waals surface area contributed by atoms with Crippen molar-refractivity contribution in [3.63, 3.8) is 0 Å². The Morgan fingerprint density at radius 3 is 2.62 bits per heavy atom. The number of benzene rings is 2. The maximum Gasteiger partial charge on any atom is 0.277 e.